The van der Waals surface area contributed by atoms with Crippen molar-refractivity contribution in [1.29, 1.82) is 0 Å². The lowest BCUT2D eigenvalue weighted by Gasteiger charge is -2.21. The minimum absolute atomic E-state index is 0.0442. The summed E-state index contributed by atoms with van der Waals surface area (Å²) in [4.78, 5) is 11.1. The summed E-state index contributed by atoms with van der Waals surface area (Å²) in [5, 5.41) is 26.8. The zero-order chi connectivity index (χ0) is 14.3. The minimum Gasteiger partial charge on any atom is -0.507 e. The molecule has 0 bridgehead atoms. The topological polar surface area (TPSA) is 88.2 Å². The maximum absolute atomic E-state index is 13.9. The quantitative estimate of drug-likeness (QED) is 0.867. The van der Waals surface area contributed by atoms with E-state index in [9.17, 15) is 14.3 Å². The fourth-order valence-electron chi connectivity index (χ4n) is 2.45. The lowest BCUT2D eigenvalue weighted by atomic mass is 9.99. The number of benzene rings is 1. The Morgan fingerprint density at radius 2 is 2.20 bits per heavy atom. The molecule has 104 valence electrons. The number of phenolic OH excluding ortho intramolecular Hbond substituents is 1. The molecule has 1 aliphatic heterocycles. The number of aliphatic carboxylic acids is 1. The second-order valence-corrected chi connectivity index (χ2v) is 4.76. The van der Waals surface area contributed by atoms with Crippen LogP contribution in [0.2, 0.25) is 0 Å². The third-order valence-electron chi connectivity index (χ3n) is 3.51. The van der Waals surface area contributed by atoms with Crippen molar-refractivity contribution < 1.29 is 19.4 Å². The zero-order valence-corrected chi connectivity index (χ0v) is 10.5. The largest absolute Gasteiger partial charge is 0.507 e. The van der Waals surface area contributed by atoms with E-state index in [0.717, 1.165) is 0 Å². The lowest BCUT2D eigenvalue weighted by molar-refractivity contribution is -0.142. The fourth-order valence-corrected chi connectivity index (χ4v) is 2.45. The molecule has 1 unspecified atom stereocenters. The molecule has 0 aliphatic carbocycles. The average Bonchev–Trinajstić information content (AvgIpc) is 2.81. The molecule has 0 amide bonds. The molecular weight excluding hydrogens is 265 g/mol. The molecule has 0 radical (unpaired) electrons. The van der Waals surface area contributed by atoms with Gasteiger partial charge in [-0.05, 0) is 18.6 Å². The first-order valence-electron chi connectivity index (χ1n) is 6.20. The molecule has 1 atom stereocenters. The van der Waals surface area contributed by atoms with E-state index in [1.807, 2.05) is 0 Å². The van der Waals surface area contributed by atoms with Crippen molar-refractivity contribution in [3.05, 3.63) is 29.8 Å². The van der Waals surface area contributed by atoms with Gasteiger partial charge >= 0.3 is 5.97 Å². The predicted octanol–water partition coefficient (Wildman–Crippen LogP) is 1.44. The van der Waals surface area contributed by atoms with Gasteiger partial charge in [-0.2, -0.15) is 0 Å². The number of carboxylic acid groups (broad SMARTS) is 1. The molecule has 1 aromatic carbocycles. The first-order chi connectivity index (χ1) is 9.58. The van der Waals surface area contributed by atoms with E-state index in [4.69, 9.17) is 5.11 Å². The van der Waals surface area contributed by atoms with Gasteiger partial charge in [0.15, 0.2) is 5.82 Å². The smallest absolute Gasteiger partial charge is 0.308 e. The Morgan fingerprint density at radius 3 is 2.90 bits per heavy atom. The first-order valence-corrected chi connectivity index (χ1v) is 6.20. The highest BCUT2D eigenvalue weighted by molar-refractivity contribution is 5.70. The molecule has 1 aromatic heterocycles. The Balaban J connectivity index is 2.09. The average molecular weight is 277 g/mol. The van der Waals surface area contributed by atoms with Crippen LogP contribution in [-0.2, 0) is 17.8 Å². The zero-order valence-electron chi connectivity index (χ0n) is 10.5. The molecule has 2 heterocycles. The number of rotatable bonds is 2. The summed E-state index contributed by atoms with van der Waals surface area (Å²) >= 11 is 0. The number of aromatic nitrogens is 3. The van der Waals surface area contributed by atoms with Crippen LogP contribution in [0.1, 0.15) is 12.2 Å². The molecule has 0 saturated carbocycles. The molecule has 6 nitrogen and oxygen atoms in total. The van der Waals surface area contributed by atoms with Crippen LogP contribution in [0.5, 0.6) is 5.75 Å². The molecule has 1 aliphatic rings. The van der Waals surface area contributed by atoms with Gasteiger partial charge in [-0.25, -0.2) is 4.39 Å². The molecular formula is C13H12FN3O3. The summed E-state index contributed by atoms with van der Waals surface area (Å²) in [5.74, 6) is -1.52. The maximum Gasteiger partial charge on any atom is 0.308 e. The van der Waals surface area contributed by atoms with Crippen LogP contribution in [0, 0.1) is 11.7 Å². The van der Waals surface area contributed by atoms with Crippen molar-refractivity contribution in [1.82, 2.24) is 14.8 Å². The Morgan fingerprint density at radius 1 is 1.40 bits per heavy atom. The highest BCUT2D eigenvalue weighted by Gasteiger charge is 2.29. The third kappa shape index (κ3) is 1.91. The van der Waals surface area contributed by atoms with Crippen molar-refractivity contribution in [2.45, 2.75) is 19.4 Å². The molecule has 20 heavy (non-hydrogen) atoms. The predicted molar refractivity (Wildman–Crippen MR) is 66.5 cm³/mol. The van der Waals surface area contributed by atoms with Gasteiger partial charge in [0.2, 0.25) is 0 Å². The lowest BCUT2D eigenvalue weighted by Crippen LogP contribution is -2.27. The second-order valence-electron chi connectivity index (χ2n) is 4.76. The van der Waals surface area contributed by atoms with E-state index in [2.05, 4.69) is 10.2 Å². The Hall–Kier alpha value is -2.44. The van der Waals surface area contributed by atoms with Crippen LogP contribution < -0.4 is 0 Å². The standard InChI is InChI=1S/C13H12FN3O3/c14-8-2-1-3-9(18)11(8)12-16-15-10-5-4-7(13(19)20)6-17(10)12/h1-3,7,18H,4-6H2,(H,19,20). The van der Waals surface area contributed by atoms with Gasteiger partial charge in [0.25, 0.3) is 0 Å². The van der Waals surface area contributed by atoms with Crippen molar-refractivity contribution in [2.24, 2.45) is 5.92 Å². The normalized spacial score (nSPS) is 17.8. The van der Waals surface area contributed by atoms with Crippen LogP contribution in [-0.4, -0.2) is 30.9 Å². The monoisotopic (exact) mass is 277 g/mol. The molecule has 0 fully saturated rings. The number of nitrogens with zero attached hydrogens (tertiary/aromatic N) is 3. The van der Waals surface area contributed by atoms with E-state index < -0.39 is 17.7 Å². The van der Waals surface area contributed by atoms with Crippen LogP contribution in [0.25, 0.3) is 11.4 Å². The number of hydrogen-bond acceptors (Lipinski definition) is 4. The van der Waals surface area contributed by atoms with E-state index in [-0.39, 0.29) is 23.7 Å². The number of carbonyl (C=O) groups is 1. The Labute approximate surface area is 113 Å². The van der Waals surface area contributed by atoms with Gasteiger partial charge in [0.1, 0.15) is 17.4 Å². The first kappa shape index (κ1) is 12.6. The Bertz CT molecular complexity index is 663. The summed E-state index contributed by atoms with van der Waals surface area (Å²) in [7, 11) is 0. The van der Waals surface area contributed by atoms with Crippen LogP contribution in [0.4, 0.5) is 4.39 Å². The number of carboxylic acids is 1. The van der Waals surface area contributed by atoms with Crippen LogP contribution in [0.15, 0.2) is 18.2 Å². The van der Waals surface area contributed by atoms with Crippen molar-refractivity contribution in [3.8, 4) is 17.1 Å². The van der Waals surface area contributed by atoms with Crippen molar-refractivity contribution in [2.75, 3.05) is 0 Å². The van der Waals surface area contributed by atoms with E-state index in [1.165, 1.54) is 18.2 Å². The van der Waals surface area contributed by atoms with Crippen molar-refractivity contribution in [3.63, 3.8) is 0 Å². The second kappa shape index (κ2) is 4.59. The van der Waals surface area contributed by atoms with Crippen molar-refractivity contribution >= 4 is 5.97 Å². The van der Waals surface area contributed by atoms with Crippen LogP contribution >= 0.6 is 0 Å². The Kier molecular flexibility index (Phi) is 2.89. The van der Waals surface area contributed by atoms with E-state index >= 15 is 0 Å². The number of halogens is 1. The van der Waals surface area contributed by atoms with Gasteiger partial charge in [-0.15, -0.1) is 10.2 Å². The summed E-state index contributed by atoms with van der Waals surface area (Å²) < 4.78 is 15.5. The summed E-state index contributed by atoms with van der Waals surface area (Å²) in [6, 6.07) is 3.97. The van der Waals surface area contributed by atoms with Gasteiger partial charge in [-0.1, -0.05) is 6.07 Å². The molecule has 0 spiro atoms. The summed E-state index contributed by atoms with van der Waals surface area (Å²) in [5.41, 5.74) is -0.0442. The van der Waals surface area contributed by atoms with E-state index in [0.29, 0.717) is 18.7 Å². The number of phenols is 1. The van der Waals surface area contributed by atoms with Gasteiger partial charge in [0.05, 0.1) is 11.5 Å². The number of fused-ring (bicyclic) bond motifs is 1. The summed E-state index contributed by atoms with van der Waals surface area (Å²) in [6.45, 7) is 0.181. The van der Waals surface area contributed by atoms with Gasteiger partial charge < -0.3 is 14.8 Å². The van der Waals surface area contributed by atoms with Gasteiger partial charge in [0, 0.05) is 13.0 Å². The SMILES string of the molecule is O=C(O)C1CCc2nnc(-c3c(O)cccc3F)n2C1. The van der Waals surface area contributed by atoms with Crippen LogP contribution in [0.3, 0.4) is 0 Å². The molecule has 3 rings (SSSR count). The minimum atomic E-state index is -0.895. The highest BCUT2D eigenvalue weighted by Crippen LogP contribution is 2.33. The van der Waals surface area contributed by atoms with Gasteiger partial charge in [-0.3, -0.25) is 4.79 Å². The fraction of sp³-hybridized carbons (Fsp3) is 0.308. The highest BCUT2D eigenvalue weighted by atomic mass is 19.1. The van der Waals surface area contributed by atoms with E-state index in [1.54, 1.807) is 4.57 Å². The number of hydrogen-bond donors (Lipinski definition) is 2. The molecule has 0 saturated heterocycles. The maximum atomic E-state index is 13.9. The molecule has 7 heteroatoms. The summed E-state index contributed by atoms with van der Waals surface area (Å²) in [6.07, 6.45) is 0.954. The number of aryl methyl sites for hydroxylation is 1. The number of aromatic hydroxyl groups is 1. The third-order valence-corrected chi connectivity index (χ3v) is 3.51. The molecule has 2 N–H and O–H groups in total. The molecule has 2 aromatic rings.